The van der Waals surface area contributed by atoms with Crippen LogP contribution in [0.4, 0.5) is 5.69 Å². The number of carbonyl (C=O) groups is 2. The first-order valence-electron chi connectivity index (χ1n) is 7.82. The Labute approximate surface area is 152 Å². The Morgan fingerprint density at radius 2 is 1.80 bits per heavy atom. The van der Waals surface area contributed by atoms with Gasteiger partial charge in [-0.3, -0.25) is 9.59 Å². The van der Waals surface area contributed by atoms with Gasteiger partial charge >= 0.3 is 0 Å². The van der Waals surface area contributed by atoms with Crippen LogP contribution in [-0.4, -0.2) is 37.4 Å². The van der Waals surface area contributed by atoms with Crippen molar-refractivity contribution in [1.29, 1.82) is 0 Å². The van der Waals surface area contributed by atoms with E-state index in [0.717, 1.165) is 5.56 Å². The van der Waals surface area contributed by atoms with Crippen molar-refractivity contribution in [3.8, 4) is 5.75 Å². The van der Waals surface area contributed by atoms with Crippen molar-refractivity contribution >= 4 is 29.1 Å². The number of carbonyl (C=O) groups excluding carboxylic acids is 2. The van der Waals surface area contributed by atoms with E-state index in [-0.39, 0.29) is 18.4 Å². The summed E-state index contributed by atoms with van der Waals surface area (Å²) in [6.07, 6.45) is 0. The molecule has 2 rings (SSSR count). The molecule has 0 aromatic heterocycles. The Hall–Kier alpha value is -2.53. The minimum atomic E-state index is -0.234. The number of benzene rings is 2. The second kappa shape index (κ2) is 8.53. The van der Waals surface area contributed by atoms with Crippen LogP contribution < -0.4 is 9.64 Å². The third-order valence-electron chi connectivity index (χ3n) is 3.81. The maximum absolute atomic E-state index is 12.5. The molecule has 0 aliphatic rings. The number of amides is 2. The van der Waals surface area contributed by atoms with Crippen LogP contribution in [0.2, 0.25) is 5.02 Å². The zero-order valence-electron chi connectivity index (χ0n) is 14.5. The van der Waals surface area contributed by atoms with Gasteiger partial charge in [0.25, 0.3) is 0 Å². The van der Waals surface area contributed by atoms with Gasteiger partial charge in [-0.25, -0.2) is 0 Å². The van der Waals surface area contributed by atoms with Crippen LogP contribution in [0, 0.1) is 0 Å². The summed E-state index contributed by atoms with van der Waals surface area (Å²) in [6.45, 7) is 1.85. The maximum Gasteiger partial charge on any atom is 0.242 e. The molecule has 0 aliphatic carbocycles. The van der Waals surface area contributed by atoms with Crippen LogP contribution in [0.5, 0.6) is 5.75 Å². The van der Waals surface area contributed by atoms with Gasteiger partial charge in [0.05, 0.1) is 12.1 Å². The molecule has 2 aromatic rings. The number of halogens is 1. The zero-order chi connectivity index (χ0) is 18.4. The Balaban J connectivity index is 2.11. The normalized spacial score (nSPS) is 10.2. The molecule has 132 valence electrons. The second-order valence-corrected chi connectivity index (χ2v) is 6.07. The van der Waals surface area contributed by atoms with Crippen LogP contribution in [0.25, 0.3) is 0 Å². The summed E-state index contributed by atoms with van der Waals surface area (Å²) in [5.74, 6) is 0.120. The highest BCUT2D eigenvalue weighted by Gasteiger charge is 2.19. The number of nitrogens with zero attached hydrogens (tertiary/aromatic N) is 2. The lowest BCUT2D eigenvalue weighted by Crippen LogP contribution is -2.40. The molecule has 2 aromatic carbocycles. The molecule has 0 heterocycles. The fraction of sp³-hybridized carbons (Fsp3) is 0.263. The predicted octanol–water partition coefficient (Wildman–Crippen LogP) is 3.36. The van der Waals surface area contributed by atoms with E-state index in [1.807, 2.05) is 30.3 Å². The summed E-state index contributed by atoms with van der Waals surface area (Å²) in [4.78, 5) is 27.5. The van der Waals surface area contributed by atoms with E-state index in [2.05, 4.69) is 0 Å². The van der Waals surface area contributed by atoms with Gasteiger partial charge in [-0.15, -0.1) is 0 Å². The fourth-order valence-corrected chi connectivity index (χ4v) is 2.66. The average molecular weight is 361 g/mol. The summed E-state index contributed by atoms with van der Waals surface area (Å²) >= 11 is 6.13. The van der Waals surface area contributed by atoms with Crippen molar-refractivity contribution in [3.63, 3.8) is 0 Å². The highest BCUT2D eigenvalue weighted by atomic mass is 35.5. The molecule has 5 nitrogen and oxygen atoms in total. The van der Waals surface area contributed by atoms with Gasteiger partial charge in [-0.1, -0.05) is 41.9 Å². The molecule has 25 heavy (non-hydrogen) atoms. The first-order valence-corrected chi connectivity index (χ1v) is 8.19. The summed E-state index contributed by atoms with van der Waals surface area (Å²) in [5, 5.41) is 0.385. The molecule has 0 spiro atoms. The van der Waals surface area contributed by atoms with Crippen molar-refractivity contribution in [2.45, 2.75) is 13.5 Å². The molecule has 0 aliphatic heterocycles. The highest BCUT2D eigenvalue weighted by Crippen LogP contribution is 2.29. The largest absolute Gasteiger partial charge is 0.495 e. The molecule has 0 atom stereocenters. The van der Waals surface area contributed by atoms with Crippen LogP contribution >= 0.6 is 11.6 Å². The van der Waals surface area contributed by atoms with Crippen molar-refractivity contribution in [1.82, 2.24) is 4.90 Å². The molecule has 6 heteroatoms. The highest BCUT2D eigenvalue weighted by molar-refractivity contribution is 6.32. The fourth-order valence-electron chi connectivity index (χ4n) is 2.41. The van der Waals surface area contributed by atoms with E-state index in [1.165, 1.54) is 18.9 Å². The predicted molar refractivity (Wildman–Crippen MR) is 98.9 cm³/mol. The van der Waals surface area contributed by atoms with Crippen LogP contribution in [-0.2, 0) is 16.1 Å². The zero-order valence-corrected chi connectivity index (χ0v) is 15.3. The second-order valence-electron chi connectivity index (χ2n) is 5.66. The minimum Gasteiger partial charge on any atom is -0.495 e. The lowest BCUT2D eigenvalue weighted by Gasteiger charge is -2.25. The monoisotopic (exact) mass is 360 g/mol. The van der Waals surface area contributed by atoms with Crippen LogP contribution in [0.15, 0.2) is 48.5 Å². The molecule has 0 unspecified atom stereocenters. The molecule has 0 radical (unpaired) electrons. The Bertz CT molecular complexity index is 750. The molecule has 0 bridgehead atoms. The summed E-state index contributed by atoms with van der Waals surface area (Å²) in [5.41, 5.74) is 1.58. The van der Waals surface area contributed by atoms with Gasteiger partial charge in [0.2, 0.25) is 11.8 Å². The third-order valence-corrected chi connectivity index (χ3v) is 4.10. The van der Waals surface area contributed by atoms with E-state index in [1.54, 1.807) is 30.1 Å². The summed E-state index contributed by atoms with van der Waals surface area (Å²) < 4.78 is 5.12. The van der Waals surface area contributed by atoms with Gasteiger partial charge in [0, 0.05) is 26.2 Å². The maximum atomic E-state index is 12.5. The first kappa shape index (κ1) is 18.8. The Kier molecular flexibility index (Phi) is 6.42. The number of ether oxygens (including phenoxy) is 1. The molecule has 0 saturated carbocycles. The van der Waals surface area contributed by atoms with E-state index >= 15 is 0 Å². The molecule has 0 saturated heterocycles. The van der Waals surface area contributed by atoms with E-state index in [0.29, 0.717) is 23.0 Å². The van der Waals surface area contributed by atoms with Gasteiger partial charge in [-0.05, 0) is 23.8 Å². The van der Waals surface area contributed by atoms with Crippen molar-refractivity contribution < 1.29 is 14.3 Å². The van der Waals surface area contributed by atoms with Crippen LogP contribution in [0.1, 0.15) is 12.5 Å². The van der Waals surface area contributed by atoms with Crippen molar-refractivity contribution in [3.05, 3.63) is 59.1 Å². The Morgan fingerprint density at radius 1 is 1.12 bits per heavy atom. The number of hydrogen-bond acceptors (Lipinski definition) is 3. The lowest BCUT2D eigenvalue weighted by molar-refractivity contribution is -0.130. The first-order chi connectivity index (χ1) is 11.9. The van der Waals surface area contributed by atoms with Gasteiger partial charge in [0.15, 0.2) is 0 Å². The van der Waals surface area contributed by atoms with Crippen molar-refractivity contribution in [2.24, 2.45) is 0 Å². The average Bonchev–Trinajstić information content (AvgIpc) is 2.60. The van der Waals surface area contributed by atoms with Gasteiger partial charge < -0.3 is 14.5 Å². The van der Waals surface area contributed by atoms with E-state index in [9.17, 15) is 9.59 Å². The van der Waals surface area contributed by atoms with Crippen molar-refractivity contribution in [2.75, 3.05) is 25.6 Å². The topological polar surface area (TPSA) is 49.9 Å². The number of hydrogen-bond donors (Lipinski definition) is 0. The third kappa shape index (κ3) is 4.97. The number of likely N-dealkylation sites (N-methyl/N-ethyl adjacent to an activating group) is 1. The molecule has 0 N–H and O–H groups in total. The summed E-state index contributed by atoms with van der Waals surface area (Å²) in [7, 11) is 3.24. The Morgan fingerprint density at radius 3 is 2.36 bits per heavy atom. The SMILES string of the molecule is COc1ccc(N(CC(=O)N(C)Cc2ccccc2)C(C)=O)cc1Cl. The lowest BCUT2D eigenvalue weighted by atomic mass is 10.2. The number of anilines is 1. The standard InChI is InChI=1S/C19H21ClN2O3/c1-14(23)22(16-9-10-18(25-3)17(20)11-16)13-19(24)21(2)12-15-7-5-4-6-8-15/h4-11H,12-13H2,1-3H3. The van der Waals surface area contributed by atoms with E-state index < -0.39 is 0 Å². The number of rotatable bonds is 6. The molecular formula is C19H21ClN2O3. The molecule has 2 amide bonds. The smallest absolute Gasteiger partial charge is 0.242 e. The molecule has 0 fully saturated rings. The quantitative estimate of drug-likeness (QED) is 0.793. The van der Waals surface area contributed by atoms with Crippen LogP contribution in [0.3, 0.4) is 0 Å². The number of methoxy groups -OCH3 is 1. The minimum absolute atomic E-state index is 0.0542. The molecular weight excluding hydrogens is 340 g/mol. The summed E-state index contributed by atoms with van der Waals surface area (Å²) in [6, 6.07) is 14.7. The van der Waals surface area contributed by atoms with E-state index in [4.69, 9.17) is 16.3 Å². The van der Waals surface area contributed by atoms with Gasteiger partial charge in [0.1, 0.15) is 12.3 Å². The van der Waals surface area contributed by atoms with Gasteiger partial charge in [-0.2, -0.15) is 0 Å².